The summed E-state index contributed by atoms with van der Waals surface area (Å²) in [6.07, 6.45) is 0.973. The zero-order valence-corrected chi connectivity index (χ0v) is 28.8. The van der Waals surface area contributed by atoms with Crippen molar-refractivity contribution in [1.82, 2.24) is 4.90 Å². The number of nitrogens with zero attached hydrogens (tertiary/aromatic N) is 2. The first-order valence-corrected chi connectivity index (χ1v) is 17.4. The van der Waals surface area contributed by atoms with E-state index in [1.54, 1.807) is 13.8 Å². The summed E-state index contributed by atoms with van der Waals surface area (Å²) in [6.45, 7) is 3.74. The fraction of sp³-hybridized carbons (Fsp3) is 0.515. The van der Waals surface area contributed by atoms with Gasteiger partial charge in [-0.15, -0.1) is 4.76 Å². The number of nitrogens with two attached hydrogens (primary N) is 1. The lowest BCUT2D eigenvalue weighted by Gasteiger charge is -2.29. The van der Waals surface area contributed by atoms with Crippen LogP contribution in [0.15, 0.2) is 65.4 Å². The van der Waals surface area contributed by atoms with E-state index in [9.17, 15) is 24.1 Å². The van der Waals surface area contributed by atoms with E-state index in [-0.39, 0.29) is 51.5 Å². The third-order valence-corrected chi connectivity index (χ3v) is 8.29. The standard InChI is InChI=1S/C33H48N3O11P/c1-26(2)29(30(37)38)36(3)31(34)35-48(41,46-22-12-10-20-42-32(39)44-24-18-27-14-6-4-7-15-27)47-23-13-11-21-43-33(40)45-25-19-28-16-8-5-9-17-28/h4-9,14-17,26,29H,10-13,18-25H2,1-3H3,(H,37,38)(H2,34,35,41). The predicted molar refractivity (Wildman–Crippen MR) is 179 cm³/mol. The van der Waals surface area contributed by atoms with Gasteiger partial charge in [-0.1, -0.05) is 74.5 Å². The van der Waals surface area contributed by atoms with Gasteiger partial charge in [-0.05, 0) is 42.7 Å². The quantitative estimate of drug-likeness (QED) is 0.0493. The highest BCUT2D eigenvalue weighted by atomic mass is 31.2. The molecule has 0 aromatic heterocycles. The minimum absolute atomic E-state index is 0.0518. The topological polar surface area (TPSA) is 186 Å². The van der Waals surface area contributed by atoms with Crippen molar-refractivity contribution in [3.63, 3.8) is 0 Å². The molecule has 0 aliphatic rings. The summed E-state index contributed by atoms with van der Waals surface area (Å²) >= 11 is 0. The van der Waals surface area contributed by atoms with Gasteiger partial charge in [0.15, 0.2) is 0 Å². The summed E-state index contributed by atoms with van der Waals surface area (Å²) in [6, 6.07) is 18.1. The van der Waals surface area contributed by atoms with Crippen LogP contribution in [0.1, 0.15) is 50.7 Å². The molecule has 14 nitrogen and oxygen atoms in total. The lowest BCUT2D eigenvalue weighted by atomic mass is 10.0. The van der Waals surface area contributed by atoms with Crippen LogP contribution < -0.4 is 5.73 Å². The van der Waals surface area contributed by atoms with Gasteiger partial charge in [0.1, 0.15) is 6.04 Å². The van der Waals surface area contributed by atoms with Gasteiger partial charge in [-0.3, -0.25) is 9.05 Å². The minimum atomic E-state index is -4.19. The first-order valence-electron chi connectivity index (χ1n) is 15.9. The molecular formula is C33H48N3O11P. The summed E-state index contributed by atoms with van der Waals surface area (Å²) < 4.78 is 48.8. The van der Waals surface area contributed by atoms with Gasteiger partial charge in [0.05, 0.1) is 39.6 Å². The van der Waals surface area contributed by atoms with Crippen LogP contribution in [0.5, 0.6) is 0 Å². The molecule has 1 atom stereocenters. The molecule has 0 bridgehead atoms. The predicted octanol–water partition coefficient (Wildman–Crippen LogP) is 5.84. The highest BCUT2D eigenvalue weighted by Gasteiger charge is 2.31. The van der Waals surface area contributed by atoms with Crippen molar-refractivity contribution in [2.24, 2.45) is 16.4 Å². The molecule has 266 valence electrons. The lowest BCUT2D eigenvalue weighted by molar-refractivity contribution is -0.142. The van der Waals surface area contributed by atoms with Crippen molar-refractivity contribution in [2.75, 3.05) is 46.7 Å². The van der Waals surface area contributed by atoms with Gasteiger partial charge in [0.2, 0.25) is 5.96 Å². The number of carbonyl (C=O) groups is 3. The van der Waals surface area contributed by atoms with Crippen LogP contribution in [0.2, 0.25) is 0 Å². The van der Waals surface area contributed by atoms with Crippen LogP contribution in [0.3, 0.4) is 0 Å². The van der Waals surface area contributed by atoms with Gasteiger partial charge < -0.3 is 34.7 Å². The Labute approximate surface area is 282 Å². The SMILES string of the molecule is CC(C)C(C(=O)O)N(C)C(N)=NP(=O)(OCCCCOC(=O)OCCc1ccccc1)OCCCCOC(=O)OCCc1ccccc1. The van der Waals surface area contributed by atoms with E-state index in [0.29, 0.717) is 38.5 Å². The first-order chi connectivity index (χ1) is 23.0. The fourth-order valence-electron chi connectivity index (χ4n) is 4.29. The second kappa shape index (κ2) is 22.4. The normalized spacial score (nSPS) is 12.3. The van der Waals surface area contributed by atoms with Crippen LogP contribution in [-0.4, -0.2) is 87.0 Å². The highest BCUT2D eigenvalue weighted by Crippen LogP contribution is 2.50. The Morgan fingerprint density at radius 2 is 1.12 bits per heavy atom. The van der Waals surface area contributed by atoms with E-state index < -0.39 is 32.1 Å². The summed E-state index contributed by atoms with van der Waals surface area (Å²) in [5.74, 6) is -1.79. The number of carboxylic acids is 1. The number of ether oxygens (including phenoxy) is 4. The average Bonchev–Trinajstić information content (AvgIpc) is 3.05. The van der Waals surface area contributed by atoms with Gasteiger partial charge >= 0.3 is 26.0 Å². The van der Waals surface area contributed by atoms with Crippen molar-refractivity contribution < 1.29 is 52.1 Å². The van der Waals surface area contributed by atoms with E-state index in [0.717, 1.165) is 11.1 Å². The highest BCUT2D eigenvalue weighted by molar-refractivity contribution is 7.52. The van der Waals surface area contributed by atoms with E-state index in [4.69, 9.17) is 33.7 Å². The van der Waals surface area contributed by atoms with Crippen LogP contribution in [0.4, 0.5) is 9.59 Å². The molecule has 0 saturated heterocycles. The zero-order chi connectivity index (χ0) is 35.2. The van der Waals surface area contributed by atoms with Gasteiger partial charge in [0, 0.05) is 19.9 Å². The molecule has 0 aliphatic heterocycles. The summed E-state index contributed by atoms with van der Waals surface area (Å²) in [4.78, 5) is 36.6. The van der Waals surface area contributed by atoms with Gasteiger partial charge in [-0.2, -0.15) is 0 Å². The number of carbonyl (C=O) groups excluding carboxylic acids is 2. The Kier molecular flexibility index (Phi) is 18.7. The average molecular weight is 694 g/mol. The molecule has 2 aromatic rings. The minimum Gasteiger partial charge on any atom is -0.480 e. The first kappa shape index (κ1) is 40.0. The number of rotatable bonds is 22. The second-order valence-corrected chi connectivity index (χ2v) is 12.7. The summed E-state index contributed by atoms with van der Waals surface area (Å²) in [5.41, 5.74) is 8.12. The molecule has 48 heavy (non-hydrogen) atoms. The molecule has 2 rings (SSSR count). The maximum Gasteiger partial charge on any atom is 0.508 e. The maximum atomic E-state index is 13.5. The molecule has 0 radical (unpaired) electrons. The van der Waals surface area contributed by atoms with Crippen molar-refractivity contribution in [1.29, 1.82) is 0 Å². The summed E-state index contributed by atoms with van der Waals surface area (Å²) in [7, 11) is -2.76. The Morgan fingerprint density at radius 3 is 1.52 bits per heavy atom. The van der Waals surface area contributed by atoms with Crippen LogP contribution >= 0.6 is 7.75 Å². The zero-order valence-electron chi connectivity index (χ0n) is 27.9. The Morgan fingerprint density at radius 1 is 0.729 bits per heavy atom. The van der Waals surface area contributed by atoms with Crippen LogP contribution in [0, 0.1) is 5.92 Å². The van der Waals surface area contributed by atoms with Crippen molar-refractivity contribution in [3.05, 3.63) is 71.8 Å². The number of guanidine groups is 1. The molecule has 0 spiro atoms. The van der Waals surface area contributed by atoms with Crippen LogP contribution in [-0.2, 0) is 50.2 Å². The molecule has 0 aliphatic carbocycles. The third kappa shape index (κ3) is 16.6. The molecule has 2 aromatic carbocycles. The number of unbranched alkanes of at least 4 members (excludes halogenated alkanes) is 2. The van der Waals surface area contributed by atoms with Crippen molar-refractivity contribution >= 4 is 32.0 Å². The monoisotopic (exact) mass is 693 g/mol. The number of hydrogen-bond acceptors (Lipinski definition) is 10. The Balaban J connectivity index is 1.78. The molecule has 15 heteroatoms. The third-order valence-electron chi connectivity index (χ3n) is 6.82. The van der Waals surface area contributed by atoms with E-state index >= 15 is 0 Å². The van der Waals surface area contributed by atoms with Gasteiger partial charge in [0.25, 0.3) is 0 Å². The van der Waals surface area contributed by atoms with E-state index in [1.807, 2.05) is 60.7 Å². The molecule has 0 heterocycles. The summed E-state index contributed by atoms with van der Waals surface area (Å²) in [5, 5.41) is 9.61. The number of aliphatic carboxylic acids is 1. The van der Waals surface area contributed by atoms with E-state index in [2.05, 4.69) is 4.76 Å². The Hall–Kier alpha value is -4.13. The van der Waals surface area contributed by atoms with E-state index in [1.165, 1.54) is 11.9 Å². The van der Waals surface area contributed by atoms with Crippen molar-refractivity contribution in [2.45, 2.75) is 58.4 Å². The smallest absolute Gasteiger partial charge is 0.480 e. The number of likely N-dealkylation sites (N-methyl/N-ethyl adjacent to an activating group) is 1. The van der Waals surface area contributed by atoms with Crippen molar-refractivity contribution in [3.8, 4) is 0 Å². The number of carboxylic acid groups (broad SMARTS) is 1. The fourth-order valence-corrected chi connectivity index (χ4v) is 5.59. The maximum absolute atomic E-state index is 13.5. The Bertz CT molecular complexity index is 1240. The largest absolute Gasteiger partial charge is 0.508 e. The molecule has 0 amide bonds. The number of benzene rings is 2. The lowest BCUT2D eigenvalue weighted by Crippen LogP contribution is -2.48. The second-order valence-electron chi connectivity index (χ2n) is 11.0. The molecule has 3 N–H and O–H groups in total. The molecule has 0 saturated carbocycles. The van der Waals surface area contributed by atoms with Crippen LogP contribution in [0.25, 0.3) is 0 Å². The molecule has 1 unspecified atom stereocenters. The molecular weight excluding hydrogens is 645 g/mol. The van der Waals surface area contributed by atoms with Gasteiger partial charge in [-0.25, -0.2) is 18.9 Å². The molecule has 0 fully saturated rings. The number of hydrogen-bond donors (Lipinski definition) is 2.